The van der Waals surface area contributed by atoms with E-state index in [-0.39, 0.29) is 0 Å². The number of nitrogens with zero attached hydrogens (tertiary/aromatic N) is 1. The van der Waals surface area contributed by atoms with Crippen LogP contribution in [0.1, 0.15) is 77.0 Å². The molecule has 19 heavy (non-hydrogen) atoms. The van der Waals surface area contributed by atoms with E-state index in [9.17, 15) is 0 Å². The van der Waals surface area contributed by atoms with Crippen molar-refractivity contribution in [3.05, 3.63) is 12.3 Å². The van der Waals surface area contributed by atoms with Crippen LogP contribution >= 0.6 is 0 Å². The van der Waals surface area contributed by atoms with E-state index in [1.54, 1.807) is 0 Å². The smallest absolute Gasteiger partial charge is 0.0751 e. The Hall–Kier alpha value is -0.500. The molecule has 0 unspecified atom stereocenters. The number of likely N-dealkylation sites (tertiary alicyclic amines) is 1. The van der Waals surface area contributed by atoms with E-state index in [4.69, 9.17) is 5.11 Å². The summed E-state index contributed by atoms with van der Waals surface area (Å²) in [7, 11) is 0. The fourth-order valence-electron chi connectivity index (χ4n) is 2.92. The molecule has 0 aromatic rings. The number of rotatable bonds is 11. The fraction of sp³-hybridized carbons (Fsp3) is 0.882. The lowest BCUT2D eigenvalue weighted by molar-refractivity contribution is 0.224. The molecule has 1 aliphatic rings. The first-order valence-corrected chi connectivity index (χ1v) is 8.45. The molecule has 0 aromatic carbocycles. The first-order chi connectivity index (χ1) is 9.43. The quantitative estimate of drug-likeness (QED) is 0.418. The Morgan fingerprint density at radius 1 is 0.737 bits per heavy atom. The molecular weight excluding hydrogens is 234 g/mol. The van der Waals surface area contributed by atoms with Crippen molar-refractivity contribution in [2.24, 2.45) is 0 Å². The molecule has 1 N–H and O–H groups in total. The highest BCUT2D eigenvalue weighted by Gasteiger charge is 2.08. The molecule has 1 rings (SSSR count). The van der Waals surface area contributed by atoms with Crippen molar-refractivity contribution in [2.45, 2.75) is 77.0 Å². The first kappa shape index (κ1) is 16.6. The van der Waals surface area contributed by atoms with Gasteiger partial charge in [-0.25, -0.2) is 0 Å². The maximum absolute atomic E-state index is 8.50. The lowest BCUT2D eigenvalue weighted by Crippen LogP contribution is -2.30. The van der Waals surface area contributed by atoms with Crippen molar-refractivity contribution in [2.75, 3.05) is 19.6 Å². The number of hydrogen-bond donors (Lipinski definition) is 1. The van der Waals surface area contributed by atoms with Crippen molar-refractivity contribution in [1.82, 2.24) is 4.90 Å². The lowest BCUT2D eigenvalue weighted by Gasteiger charge is -2.26. The van der Waals surface area contributed by atoms with Crippen molar-refractivity contribution in [1.29, 1.82) is 0 Å². The van der Waals surface area contributed by atoms with Crippen molar-refractivity contribution >= 4 is 0 Å². The Labute approximate surface area is 119 Å². The minimum absolute atomic E-state index is 1.03. The Balaban J connectivity index is 1.73. The number of hydrogen-bond acceptors (Lipinski definition) is 2. The van der Waals surface area contributed by atoms with E-state index in [1.807, 2.05) is 6.08 Å². The van der Waals surface area contributed by atoms with Crippen LogP contribution in [0.15, 0.2) is 12.3 Å². The maximum Gasteiger partial charge on any atom is 0.0751 e. The van der Waals surface area contributed by atoms with Crippen LogP contribution < -0.4 is 0 Å². The molecule has 1 saturated heterocycles. The van der Waals surface area contributed by atoms with Gasteiger partial charge in [0.25, 0.3) is 0 Å². The van der Waals surface area contributed by atoms with E-state index >= 15 is 0 Å². The summed E-state index contributed by atoms with van der Waals surface area (Å²) in [6.07, 6.45) is 19.3. The van der Waals surface area contributed by atoms with Crippen LogP contribution in [0.5, 0.6) is 0 Å². The van der Waals surface area contributed by atoms with Crippen LogP contribution in [0, 0.1) is 0 Å². The molecule has 1 heterocycles. The van der Waals surface area contributed by atoms with Crippen LogP contribution in [0.3, 0.4) is 0 Å². The Morgan fingerprint density at radius 3 is 1.95 bits per heavy atom. The number of unbranched alkanes of at least 4 members (excludes halogenated alkanes) is 8. The molecule has 2 heteroatoms. The number of piperidine rings is 1. The molecule has 0 bridgehead atoms. The van der Waals surface area contributed by atoms with Crippen molar-refractivity contribution in [3.63, 3.8) is 0 Å². The second-order valence-electron chi connectivity index (χ2n) is 5.90. The van der Waals surface area contributed by atoms with Crippen LogP contribution in [-0.2, 0) is 0 Å². The molecule has 0 aliphatic carbocycles. The highest BCUT2D eigenvalue weighted by Crippen LogP contribution is 2.12. The Morgan fingerprint density at radius 2 is 1.32 bits per heavy atom. The van der Waals surface area contributed by atoms with Gasteiger partial charge in [0.1, 0.15) is 0 Å². The van der Waals surface area contributed by atoms with Gasteiger partial charge in [-0.15, -0.1) is 0 Å². The molecule has 112 valence electrons. The molecule has 0 amide bonds. The minimum Gasteiger partial charge on any atom is -0.516 e. The third kappa shape index (κ3) is 10.0. The zero-order chi connectivity index (χ0) is 13.6. The SMILES string of the molecule is OC=CCCCCCCCCCCN1CCCCC1. The van der Waals surface area contributed by atoms with Crippen LogP contribution in [0.2, 0.25) is 0 Å². The van der Waals surface area contributed by atoms with Gasteiger partial charge in [0, 0.05) is 0 Å². The van der Waals surface area contributed by atoms with Gasteiger partial charge in [-0.1, -0.05) is 51.0 Å². The van der Waals surface area contributed by atoms with Crippen LogP contribution in [0.4, 0.5) is 0 Å². The minimum atomic E-state index is 1.03. The highest BCUT2D eigenvalue weighted by molar-refractivity contribution is 4.70. The molecule has 0 atom stereocenters. The topological polar surface area (TPSA) is 23.5 Å². The largest absolute Gasteiger partial charge is 0.516 e. The second kappa shape index (κ2) is 12.5. The van der Waals surface area contributed by atoms with Gasteiger partial charge in [-0.2, -0.15) is 0 Å². The average molecular weight is 267 g/mol. The van der Waals surface area contributed by atoms with E-state index < -0.39 is 0 Å². The second-order valence-corrected chi connectivity index (χ2v) is 5.90. The fourth-order valence-corrected chi connectivity index (χ4v) is 2.92. The van der Waals surface area contributed by atoms with Gasteiger partial charge < -0.3 is 10.0 Å². The summed E-state index contributed by atoms with van der Waals surface area (Å²) in [6, 6.07) is 0. The Kier molecular flexibility index (Phi) is 10.9. The molecule has 2 nitrogen and oxygen atoms in total. The summed E-state index contributed by atoms with van der Waals surface area (Å²) < 4.78 is 0. The van der Waals surface area contributed by atoms with E-state index in [2.05, 4.69) is 4.90 Å². The molecule has 0 saturated carbocycles. The van der Waals surface area contributed by atoms with Gasteiger partial charge in [0.15, 0.2) is 0 Å². The van der Waals surface area contributed by atoms with Gasteiger partial charge in [-0.3, -0.25) is 0 Å². The monoisotopic (exact) mass is 267 g/mol. The molecule has 0 aromatic heterocycles. The standard InChI is InChI=1S/C17H33NO/c19-17-13-8-6-4-2-1-3-5-7-10-14-18-15-11-9-12-16-18/h13,17,19H,1-12,14-16H2. The summed E-state index contributed by atoms with van der Waals surface area (Å²) >= 11 is 0. The van der Waals surface area contributed by atoms with Crippen molar-refractivity contribution < 1.29 is 5.11 Å². The zero-order valence-corrected chi connectivity index (χ0v) is 12.7. The molecule has 1 fully saturated rings. The van der Waals surface area contributed by atoms with Gasteiger partial charge >= 0.3 is 0 Å². The van der Waals surface area contributed by atoms with Crippen LogP contribution in [-0.4, -0.2) is 29.6 Å². The molecule has 0 radical (unpaired) electrons. The number of aliphatic hydroxyl groups is 1. The van der Waals surface area contributed by atoms with Gasteiger partial charge in [0.05, 0.1) is 6.26 Å². The van der Waals surface area contributed by atoms with Gasteiger partial charge in [0.2, 0.25) is 0 Å². The predicted octanol–water partition coefficient (Wildman–Crippen LogP) is 5.05. The van der Waals surface area contributed by atoms with Gasteiger partial charge in [-0.05, 0) is 51.7 Å². The Bertz CT molecular complexity index is 209. The number of allylic oxidation sites excluding steroid dienone is 1. The first-order valence-electron chi connectivity index (χ1n) is 8.45. The summed E-state index contributed by atoms with van der Waals surface area (Å²) in [5.74, 6) is 0. The van der Waals surface area contributed by atoms with E-state index in [0.29, 0.717) is 0 Å². The number of aliphatic hydroxyl groups excluding tert-OH is 1. The average Bonchev–Trinajstić information content (AvgIpc) is 2.46. The van der Waals surface area contributed by atoms with Crippen molar-refractivity contribution in [3.8, 4) is 0 Å². The maximum atomic E-state index is 8.50. The highest BCUT2D eigenvalue weighted by atomic mass is 16.2. The third-order valence-electron chi connectivity index (χ3n) is 4.15. The predicted molar refractivity (Wildman–Crippen MR) is 83.6 cm³/mol. The van der Waals surface area contributed by atoms with E-state index in [1.165, 1.54) is 96.5 Å². The summed E-state index contributed by atoms with van der Waals surface area (Å²) in [4.78, 5) is 2.65. The summed E-state index contributed by atoms with van der Waals surface area (Å²) in [5.41, 5.74) is 0. The zero-order valence-electron chi connectivity index (χ0n) is 12.7. The molecule has 0 spiro atoms. The van der Waals surface area contributed by atoms with Crippen LogP contribution in [0.25, 0.3) is 0 Å². The summed E-state index contributed by atoms with van der Waals surface area (Å²) in [6.45, 7) is 4.04. The summed E-state index contributed by atoms with van der Waals surface area (Å²) in [5, 5.41) is 8.50. The third-order valence-corrected chi connectivity index (χ3v) is 4.15. The normalized spacial score (nSPS) is 17.3. The molecule has 1 aliphatic heterocycles. The van der Waals surface area contributed by atoms with E-state index in [0.717, 1.165) is 6.42 Å². The lowest BCUT2D eigenvalue weighted by atomic mass is 10.1. The molecular formula is C17H33NO.